The Morgan fingerprint density at radius 1 is 1.33 bits per heavy atom. The van der Waals surface area contributed by atoms with Crippen molar-refractivity contribution in [2.75, 3.05) is 24.8 Å². The Balaban J connectivity index is 2.90. The summed E-state index contributed by atoms with van der Waals surface area (Å²) < 4.78 is 10.3. The Kier molecular flexibility index (Phi) is 5.93. The third-order valence-corrected chi connectivity index (χ3v) is 3.70. The van der Waals surface area contributed by atoms with E-state index >= 15 is 0 Å². The van der Waals surface area contributed by atoms with Gasteiger partial charge in [0.15, 0.2) is 10.0 Å². The molecule has 18 heavy (non-hydrogen) atoms. The normalized spacial score (nSPS) is 9.94. The van der Waals surface area contributed by atoms with Gasteiger partial charge in [0.2, 0.25) is 0 Å². The summed E-state index contributed by atoms with van der Waals surface area (Å²) >= 11 is 2.59. The lowest BCUT2D eigenvalue weighted by Crippen LogP contribution is -2.15. The number of esters is 1. The number of thiazole rings is 1. The number of aromatic nitrogens is 1. The summed E-state index contributed by atoms with van der Waals surface area (Å²) in [6, 6.07) is 0. The molecule has 0 unspecified atom stereocenters. The predicted octanol–water partition coefficient (Wildman–Crippen LogP) is 2.61. The second kappa shape index (κ2) is 7.22. The van der Waals surface area contributed by atoms with Crippen LogP contribution in [0.5, 0.6) is 0 Å². The Morgan fingerprint density at radius 2 is 2.00 bits per heavy atom. The van der Waals surface area contributed by atoms with Crippen LogP contribution < -0.4 is 5.32 Å². The van der Waals surface area contributed by atoms with Crippen molar-refractivity contribution in [1.29, 1.82) is 0 Å². The topological polar surface area (TPSA) is 77.5 Å². The van der Waals surface area contributed by atoms with Gasteiger partial charge in [-0.15, -0.1) is 0 Å². The number of ether oxygens (including phenoxy) is 2. The Labute approximate surface area is 113 Å². The standard InChI is InChI=1S/C10H14N2O4S2/c1-4-15-8(13)6-7(12-9(14)16-5-2)18-10(11-6)17-3/h4-5H2,1-3H3,(H,12,14). The van der Waals surface area contributed by atoms with E-state index in [2.05, 4.69) is 10.3 Å². The average Bonchev–Trinajstić information content (AvgIpc) is 2.73. The smallest absolute Gasteiger partial charge is 0.412 e. The first kappa shape index (κ1) is 14.8. The van der Waals surface area contributed by atoms with Crippen LogP contribution in [0.25, 0.3) is 0 Å². The van der Waals surface area contributed by atoms with Crippen LogP contribution in [-0.4, -0.2) is 36.5 Å². The number of nitrogens with one attached hydrogen (secondary N) is 1. The van der Waals surface area contributed by atoms with Crippen molar-refractivity contribution < 1.29 is 19.1 Å². The van der Waals surface area contributed by atoms with Crippen LogP contribution in [0.1, 0.15) is 24.3 Å². The maximum absolute atomic E-state index is 11.7. The van der Waals surface area contributed by atoms with Crippen molar-refractivity contribution in [3.8, 4) is 0 Å². The van der Waals surface area contributed by atoms with Crippen LogP contribution >= 0.6 is 23.1 Å². The molecular weight excluding hydrogens is 276 g/mol. The largest absolute Gasteiger partial charge is 0.461 e. The molecular formula is C10H14N2O4S2. The minimum atomic E-state index is -0.612. The van der Waals surface area contributed by atoms with Crippen molar-refractivity contribution in [2.24, 2.45) is 0 Å². The molecule has 1 aromatic rings. The highest BCUT2D eigenvalue weighted by Crippen LogP contribution is 2.30. The number of carbonyl (C=O) groups is 2. The molecule has 0 saturated heterocycles. The van der Waals surface area contributed by atoms with Crippen molar-refractivity contribution in [2.45, 2.75) is 18.2 Å². The van der Waals surface area contributed by atoms with E-state index in [9.17, 15) is 9.59 Å². The maximum atomic E-state index is 11.7. The summed E-state index contributed by atoms with van der Waals surface area (Å²) in [4.78, 5) is 27.1. The molecule has 1 heterocycles. The first-order valence-corrected chi connectivity index (χ1v) is 7.32. The molecule has 0 spiro atoms. The number of hydrogen-bond donors (Lipinski definition) is 1. The summed E-state index contributed by atoms with van der Waals surface area (Å²) in [7, 11) is 0. The predicted molar refractivity (Wildman–Crippen MR) is 70.5 cm³/mol. The van der Waals surface area contributed by atoms with Crippen LogP contribution in [0.15, 0.2) is 4.34 Å². The van der Waals surface area contributed by atoms with Crippen molar-refractivity contribution in [3.63, 3.8) is 0 Å². The van der Waals surface area contributed by atoms with Gasteiger partial charge in [-0.2, -0.15) is 0 Å². The lowest BCUT2D eigenvalue weighted by molar-refractivity contribution is 0.0521. The Hall–Kier alpha value is -1.28. The van der Waals surface area contributed by atoms with Crippen molar-refractivity contribution in [3.05, 3.63) is 5.69 Å². The molecule has 0 aliphatic heterocycles. The van der Waals surface area contributed by atoms with Gasteiger partial charge in [0, 0.05) is 0 Å². The molecule has 0 fully saturated rings. The van der Waals surface area contributed by atoms with Crippen LogP contribution in [0.3, 0.4) is 0 Å². The van der Waals surface area contributed by atoms with Gasteiger partial charge in [-0.3, -0.25) is 5.32 Å². The second-order valence-corrected chi connectivity index (χ2v) is 4.98. The zero-order valence-corrected chi connectivity index (χ0v) is 11.9. The summed E-state index contributed by atoms with van der Waals surface area (Å²) in [5.41, 5.74) is 0.110. The molecule has 8 heteroatoms. The number of amides is 1. The monoisotopic (exact) mass is 290 g/mol. The third kappa shape index (κ3) is 3.88. The lowest BCUT2D eigenvalue weighted by Gasteiger charge is -2.04. The van der Waals surface area contributed by atoms with E-state index < -0.39 is 12.1 Å². The minimum Gasteiger partial charge on any atom is -0.461 e. The zero-order valence-electron chi connectivity index (χ0n) is 10.3. The van der Waals surface area contributed by atoms with Gasteiger partial charge in [-0.1, -0.05) is 23.1 Å². The van der Waals surface area contributed by atoms with Crippen molar-refractivity contribution >= 4 is 40.2 Å². The molecule has 6 nitrogen and oxygen atoms in total. The number of rotatable bonds is 5. The number of carbonyl (C=O) groups excluding carboxylic acids is 2. The van der Waals surface area contributed by atoms with E-state index in [1.165, 1.54) is 23.1 Å². The van der Waals surface area contributed by atoms with E-state index in [-0.39, 0.29) is 18.9 Å². The van der Waals surface area contributed by atoms with Gasteiger partial charge in [0.05, 0.1) is 13.2 Å². The van der Waals surface area contributed by atoms with Crippen LogP contribution in [-0.2, 0) is 9.47 Å². The van der Waals surface area contributed by atoms with Gasteiger partial charge in [-0.05, 0) is 20.1 Å². The molecule has 1 amide bonds. The molecule has 100 valence electrons. The Morgan fingerprint density at radius 3 is 2.56 bits per heavy atom. The first-order chi connectivity index (χ1) is 8.62. The number of nitrogens with zero attached hydrogens (tertiary/aromatic N) is 1. The van der Waals surface area contributed by atoms with E-state index in [0.29, 0.717) is 9.34 Å². The van der Waals surface area contributed by atoms with Crippen molar-refractivity contribution in [1.82, 2.24) is 4.98 Å². The SMILES string of the molecule is CCOC(=O)Nc1sc(SC)nc1C(=O)OCC. The highest BCUT2D eigenvalue weighted by atomic mass is 32.2. The van der Waals surface area contributed by atoms with Gasteiger partial charge < -0.3 is 9.47 Å². The van der Waals surface area contributed by atoms with E-state index in [4.69, 9.17) is 9.47 Å². The van der Waals surface area contributed by atoms with Crippen LogP contribution in [0.2, 0.25) is 0 Å². The maximum Gasteiger partial charge on any atom is 0.412 e. The third-order valence-electron chi connectivity index (χ3n) is 1.74. The fourth-order valence-corrected chi connectivity index (χ4v) is 2.51. The molecule has 0 aliphatic carbocycles. The molecule has 1 aromatic heterocycles. The quantitative estimate of drug-likeness (QED) is 0.663. The molecule has 1 N–H and O–H groups in total. The summed E-state index contributed by atoms with van der Waals surface area (Å²) in [6.07, 6.45) is 1.22. The molecule has 0 radical (unpaired) electrons. The fourth-order valence-electron chi connectivity index (χ4n) is 1.07. The average molecular weight is 290 g/mol. The van der Waals surface area contributed by atoms with Gasteiger partial charge >= 0.3 is 12.1 Å². The summed E-state index contributed by atoms with van der Waals surface area (Å²) in [6.45, 7) is 3.92. The number of anilines is 1. The van der Waals surface area contributed by atoms with E-state index in [0.717, 1.165) is 0 Å². The van der Waals surface area contributed by atoms with Gasteiger partial charge in [-0.25, -0.2) is 14.6 Å². The summed E-state index contributed by atoms with van der Waals surface area (Å²) in [5.74, 6) is -0.555. The second-order valence-electron chi connectivity index (χ2n) is 2.93. The highest BCUT2D eigenvalue weighted by Gasteiger charge is 2.21. The molecule has 0 saturated carbocycles. The first-order valence-electron chi connectivity index (χ1n) is 5.28. The Bertz CT molecular complexity index is 434. The highest BCUT2D eigenvalue weighted by molar-refractivity contribution is 8.00. The minimum absolute atomic E-state index is 0.110. The van der Waals surface area contributed by atoms with Gasteiger partial charge in [0.1, 0.15) is 5.00 Å². The van der Waals surface area contributed by atoms with Gasteiger partial charge in [0.25, 0.3) is 0 Å². The molecule has 0 aliphatic rings. The molecule has 0 atom stereocenters. The van der Waals surface area contributed by atoms with Crippen LogP contribution in [0, 0.1) is 0 Å². The van der Waals surface area contributed by atoms with E-state index in [1.807, 2.05) is 6.26 Å². The molecule has 0 bridgehead atoms. The fraction of sp³-hybridized carbons (Fsp3) is 0.500. The summed E-state index contributed by atoms with van der Waals surface area (Å²) in [5, 5.41) is 2.83. The number of hydrogen-bond acceptors (Lipinski definition) is 7. The van der Waals surface area contributed by atoms with E-state index in [1.54, 1.807) is 13.8 Å². The zero-order chi connectivity index (χ0) is 13.5. The number of thioether (sulfide) groups is 1. The molecule has 0 aromatic carbocycles. The van der Waals surface area contributed by atoms with Crippen LogP contribution in [0.4, 0.5) is 9.80 Å². The molecule has 1 rings (SSSR count). The lowest BCUT2D eigenvalue weighted by atomic mass is 10.4.